The lowest BCUT2D eigenvalue weighted by molar-refractivity contribution is -0.143. The minimum Gasteiger partial charge on any atom is -0.338 e. The van der Waals surface area contributed by atoms with Crippen LogP contribution in [-0.4, -0.2) is 34.8 Å². The molecule has 1 saturated heterocycles. The van der Waals surface area contributed by atoms with Gasteiger partial charge in [0.1, 0.15) is 5.15 Å². The van der Waals surface area contributed by atoms with Gasteiger partial charge in [0.15, 0.2) is 0 Å². The Kier molecular flexibility index (Phi) is 6.68. The van der Waals surface area contributed by atoms with Crippen molar-refractivity contribution in [3.05, 3.63) is 58.4 Å². The molecule has 2 amide bonds. The van der Waals surface area contributed by atoms with Gasteiger partial charge in [-0.25, -0.2) is 4.98 Å². The minimum atomic E-state index is -5.06. The maximum Gasteiger partial charge on any atom is 0.416 e. The van der Waals surface area contributed by atoms with E-state index in [9.17, 15) is 35.9 Å². The first kappa shape index (κ1) is 23.8. The lowest BCUT2D eigenvalue weighted by Gasteiger charge is -2.32. The van der Waals surface area contributed by atoms with Crippen LogP contribution in [0.15, 0.2) is 36.5 Å². The molecule has 12 heteroatoms. The first-order chi connectivity index (χ1) is 14.8. The lowest BCUT2D eigenvalue weighted by Crippen LogP contribution is -2.43. The molecule has 0 radical (unpaired) electrons. The zero-order valence-corrected chi connectivity index (χ0v) is 17.0. The SMILES string of the molecule is O=C(Nc1ccc(Cl)nc1)C1CCCN(C(=O)c2cc(C(F)(F)F)cc(C(F)(F)F)c2)C1. The smallest absolute Gasteiger partial charge is 0.338 e. The highest BCUT2D eigenvalue weighted by atomic mass is 35.5. The Morgan fingerprint density at radius 1 is 1.03 bits per heavy atom. The standard InChI is InChI=1S/C20H16ClF6N3O2/c21-16-4-3-15(9-28-16)29-17(31)11-2-1-5-30(10-11)18(32)12-6-13(19(22,23)24)8-14(7-12)20(25,26)27/h3-4,6-9,11H,1-2,5,10H2,(H,29,31). The van der Waals surface area contributed by atoms with E-state index in [1.54, 1.807) is 0 Å². The van der Waals surface area contributed by atoms with Crippen LogP contribution in [0, 0.1) is 5.92 Å². The Labute approximate surface area is 183 Å². The van der Waals surface area contributed by atoms with Crippen LogP contribution < -0.4 is 5.32 Å². The second-order valence-corrected chi connectivity index (χ2v) is 7.63. The number of carbonyl (C=O) groups is 2. The van der Waals surface area contributed by atoms with Crippen molar-refractivity contribution in [2.24, 2.45) is 5.92 Å². The fraction of sp³-hybridized carbons (Fsp3) is 0.350. The second kappa shape index (κ2) is 8.97. The Hall–Kier alpha value is -2.82. The van der Waals surface area contributed by atoms with Crippen molar-refractivity contribution in [2.75, 3.05) is 18.4 Å². The molecular weight excluding hydrogens is 464 g/mol. The highest BCUT2D eigenvalue weighted by Gasteiger charge is 2.38. The zero-order valence-electron chi connectivity index (χ0n) is 16.2. The third-order valence-electron chi connectivity index (χ3n) is 4.91. The van der Waals surface area contributed by atoms with Crippen LogP contribution in [0.1, 0.15) is 34.3 Å². The highest BCUT2D eigenvalue weighted by Crippen LogP contribution is 2.36. The van der Waals surface area contributed by atoms with E-state index in [0.717, 1.165) is 4.90 Å². The molecule has 0 aliphatic carbocycles. The molecule has 0 spiro atoms. The van der Waals surface area contributed by atoms with Crippen LogP contribution in [0.5, 0.6) is 0 Å². The van der Waals surface area contributed by atoms with Gasteiger partial charge in [0.25, 0.3) is 5.91 Å². The molecule has 0 bridgehead atoms. The van der Waals surface area contributed by atoms with Crippen LogP contribution in [0.3, 0.4) is 0 Å². The molecule has 5 nitrogen and oxygen atoms in total. The number of hydrogen-bond donors (Lipinski definition) is 1. The number of hydrogen-bond acceptors (Lipinski definition) is 3. The van der Waals surface area contributed by atoms with Gasteiger partial charge in [0.05, 0.1) is 28.9 Å². The van der Waals surface area contributed by atoms with Gasteiger partial charge in [-0.1, -0.05) is 11.6 Å². The molecule has 1 aliphatic rings. The summed E-state index contributed by atoms with van der Waals surface area (Å²) in [5.74, 6) is -2.16. The number of pyridine rings is 1. The van der Waals surface area contributed by atoms with E-state index >= 15 is 0 Å². The van der Waals surface area contributed by atoms with E-state index in [4.69, 9.17) is 11.6 Å². The molecule has 1 aromatic heterocycles. The Balaban J connectivity index is 1.79. The van der Waals surface area contributed by atoms with Crippen LogP contribution >= 0.6 is 11.6 Å². The number of piperidine rings is 1. The second-order valence-electron chi connectivity index (χ2n) is 7.24. The monoisotopic (exact) mass is 479 g/mol. The molecule has 1 atom stereocenters. The van der Waals surface area contributed by atoms with Gasteiger partial charge in [0.2, 0.25) is 5.91 Å². The Morgan fingerprint density at radius 2 is 1.66 bits per heavy atom. The van der Waals surface area contributed by atoms with E-state index in [0.29, 0.717) is 30.7 Å². The summed E-state index contributed by atoms with van der Waals surface area (Å²) >= 11 is 5.68. The molecule has 1 N–H and O–H groups in total. The molecule has 1 fully saturated rings. The maximum absolute atomic E-state index is 13.1. The summed E-state index contributed by atoms with van der Waals surface area (Å²) in [6.07, 6.45) is -8.05. The number of rotatable bonds is 3. The molecule has 172 valence electrons. The first-order valence-corrected chi connectivity index (χ1v) is 9.73. The summed E-state index contributed by atoms with van der Waals surface area (Å²) in [6.45, 7) is -0.0496. The number of alkyl halides is 6. The number of halogens is 7. The molecule has 1 unspecified atom stereocenters. The van der Waals surface area contributed by atoms with Crippen LogP contribution in [0.2, 0.25) is 5.15 Å². The predicted molar refractivity (Wildman–Crippen MR) is 103 cm³/mol. The van der Waals surface area contributed by atoms with Crippen molar-refractivity contribution in [2.45, 2.75) is 25.2 Å². The van der Waals surface area contributed by atoms with Gasteiger partial charge >= 0.3 is 12.4 Å². The van der Waals surface area contributed by atoms with Gasteiger partial charge in [-0.05, 0) is 43.2 Å². The molecule has 1 aromatic carbocycles. The summed E-state index contributed by atoms with van der Waals surface area (Å²) in [4.78, 5) is 30.2. The van der Waals surface area contributed by atoms with Crippen molar-refractivity contribution < 1.29 is 35.9 Å². The zero-order chi connectivity index (χ0) is 23.7. The van der Waals surface area contributed by atoms with Gasteiger partial charge in [-0.3, -0.25) is 9.59 Å². The summed E-state index contributed by atoms with van der Waals surface area (Å²) in [7, 11) is 0. The van der Waals surface area contributed by atoms with Gasteiger partial charge in [-0.15, -0.1) is 0 Å². The van der Waals surface area contributed by atoms with Crippen molar-refractivity contribution in [3.63, 3.8) is 0 Å². The third-order valence-corrected chi connectivity index (χ3v) is 5.13. The summed E-state index contributed by atoms with van der Waals surface area (Å²) in [5, 5.41) is 2.82. The van der Waals surface area contributed by atoms with E-state index in [2.05, 4.69) is 10.3 Å². The number of nitrogens with one attached hydrogen (secondary N) is 1. The highest BCUT2D eigenvalue weighted by molar-refractivity contribution is 6.29. The van der Waals surface area contributed by atoms with Gasteiger partial charge in [0, 0.05) is 18.7 Å². The fourth-order valence-electron chi connectivity index (χ4n) is 3.33. The topological polar surface area (TPSA) is 62.3 Å². The van der Waals surface area contributed by atoms with E-state index in [1.165, 1.54) is 18.3 Å². The molecule has 2 heterocycles. The molecule has 32 heavy (non-hydrogen) atoms. The van der Waals surface area contributed by atoms with E-state index < -0.39 is 46.8 Å². The molecular formula is C20H16ClF6N3O2. The Bertz CT molecular complexity index is 976. The minimum absolute atomic E-state index is 0.0383. The van der Waals surface area contributed by atoms with Crippen LogP contribution in [0.4, 0.5) is 32.0 Å². The number of aromatic nitrogens is 1. The normalized spacial score (nSPS) is 17.2. The average Bonchev–Trinajstić information content (AvgIpc) is 2.73. The van der Waals surface area contributed by atoms with Crippen molar-refractivity contribution in [1.29, 1.82) is 0 Å². The third kappa shape index (κ3) is 5.70. The van der Waals surface area contributed by atoms with Crippen LogP contribution in [-0.2, 0) is 17.1 Å². The average molecular weight is 480 g/mol. The van der Waals surface area contributed by atoms with Crippen molar-refractivity contribution >= 4 is 29.1 Å². The van der Waals surface area contributed by atoms with Crippen LogP contribution in [0.25, 0.3) is 0 Å². The van der Waals surface area contributed by atoms with Crippen molar-refractivity contribution in [1.82, 2.24) is 9.88 Å². The Morgan fingerprint density at radius 3 is 2.19 bits per heavy atom. The predicted octanol–water partition coefficient (Wildman–Crippen LogP) is 5.26. The maximum atomic E-state index is 13.1. The lowest BCUT2D eigenvalue weighted by atomic mass is 9.95. The number of likely N-dealkylation sites (tertiary alicyclic amines) is 1. The van der Waals surface area contributed by atoms with Crippen molar-refractivity contribution in [3.8, 4) is 0 Å². The largest absolute Gasteiger partial charge is 0.416 e. The molecule has 2 aromatic rings. The molecule has 0 saturated carbocycles. The number of carbonyl (C=O) groups excluding carboxylic acids is 2. The summed E-state index contributed by atoms with van der Waals surface area (Å²) in [6, 6.07) is 3.71. The number of amides is 2. The van der Waals surface area contributed by atoms with Gasteiger partial charge < -0.3 is 10.2 Å². The van der Waals surface area contributed by atoms with E-state index in [-0.39, 0.29) is 24.3 Å². The number of anilines is 1. The number of benzene rings is 1. The summed E-state index contributed by atoms with van der Waals surface area (Å²) in [5.41, 5.74) is -3.53. The summed E-state index contributed by atoms with van der Waals surface area (Å²) < 4.78 is 78.5. The first-order valence-electron chi connectivity index (χ1n) is 9.36. The molecule has 3 rings (SSSR count). The quantitative estimate of drug-likeness (QED) is 0.482. The fourth-order valence-corrected chi connectivity index (χ4v) is 3.44. The molecule has 1 aliphatic heterocycles. The number of nitrogens with zero attached hydrogens (tertiary/aromatic N) is 2. The van der Waals surface area contributed by atoms with Gasteiger partial charge in [-0.2, -0.15) is 26.3 Å². The van der Waals surface area contributed by atoms with E-state index in [1.807, 2.05) is 0 Å².